The van der Waals surface area contributed by atoms with Gasteiger partial charge in [0.25, 0.3) is 5.78 Å². The zero-order valence-corrected chi connectivity index (χ0v) is 24.6. The SMILES string of the molecule is CC(=O)C1=C[CH+]C(=O)C=C1O.CCOC(=O)CC(=O)OCC.CCOC(=O)c1cc2ccc(O)cc2oc1=O.CF.CF. The second-order valence-electron chi connectivity index (χ2n) is 7.41. The van der Waals surface area contributed by atoms with Gasteiger partial charge in [-0.05, 0) is 39.0 Å². The number of aliphatic hydroxyl groups is 1. The van der Waals surface area contributed by atoms with Crippen molar-refractivity contribution in [1.82, 2.24) is 0 Å². The number of esters is 3. The Labute approximate surface area is 246 Å². The molecule has 1 heterocycles. The quantitative estimate of drug-likeness (QED) is 0.150. The minimum Gasteiger partial charge on any atom is -0.508 e. The second kappa shape index (κ2) is 22.7. The molecule has 12 nitrogen and oxygen atoms in total. The number of alkyl halides is 2. The van der Waals surface area contributed by atoms with Crippen LogP contribution in [0.3, 0.4) is 0 Å². The molecule has 1 aromatic carbocycles. The van der Waals surface area contributed by atoms with E-state index in [1.54, 1.807) is 26.8 Å². The van der Waals surface area contributed by atoms with E-state index in [1.165, 1.54) is 37.6 Å². The number of rotatable bonds is 7. The smallest absolute Gasteiger partial charge is 0.351 e. The molecule has 0 saturated carbocycles. The first-order valence-corrected chi connectivity index (χ1v) is 12.4. The van der Waals surface area contributed by atoms with Gasteiger partial charge in [0.05, 0.1) is 46.7 Å². The lowest BCUT2D eigenvalue weighted by Gasteiger charge is -2.02. The van der Waals surface area contributed by atoms with Crippen molar-refractivity contribution in [3.8, 4) is 5.75 Å². The molecule has 0 unspecified atom stereocenters. The van der Waals surface area contributed by atoms with Gasteiger partial charge in [0.2, 0.25) is 11.5 Å². The van der Waals surface area contributed by atoms with E-state index in [1.807, 2.05) is 0 Å². The number of carbonyl (C=O) groups is 5. The third kappa shape index (κ3) is 15.5. The summed E-state index contributed by atoms with van der Waals surface area (Å²) in [5.41, 5.74) is -0.515. The van der Waals surface area contributed by atoms with Gasteiger partial charge in [0, 0.05) is 18.4 Å². The predicted molar refractivity (Wildman–Crippen MR) is 151 cm³/mol. The molecule has 0 saturated heterocycles. The van der Waals surface area contributed by atoms with E-state index in [4.69, 9.17) is 14.3 Å². The Morgan fingerprint density at radius 1 is 0.860 bits per heavy atom. The molecular weight excluding hydrogens is 578 g/mol. The number of hydrogen-bond donors (Lipinski definition) is 2. The van der Waals surface area contributed by atoms with Crippen LogP contribution in [0.5, 0.6) is 5.75 Å². The van der Waals surface area contributed by atoms with E-state index in [0.717, 1.165) is 6.08 Å². The molecule has 0 atom stereocenters. The topological polar surface area (TPSA) is 184 Å². The van der Waals surface area contributed by atoms with Crippen molar-refractivity contribution in [2.24, 2.45) is 0 Å². The van der Waals surface area contributed by atoms with E-state index < -0.39 is 23.5 Å². The lowest BCUT2D eigenvalue weighted by Crippen LogP contribution is -2.16. The molecule has 236 valence electrons. The summed E-state index contributed by atoms with van der Waals surface area (Å²) < 4.78 is 37.7. The largest absolute Gasteiger partial charge is 0.508 e. The fourth-order valence-electron chi connectivity index (χ4n) is 2.80. The Kier molecular flexibility index (Phi) is 21.1. The first-order chi connectivity index (χ1) is 20.4. The van der Waals surface area contributed by atoms with Gasteiger partial charge < -0.3 is 28.8 Å². The number of hydrogen-bond acceptors (Lipinski definition) is 12. The second-order valence-corrected chi connectivity index (χ2v) is 7.41. The van der Waals surface area contributed by atoms with E-state index in [9.17, 15) is 42.7 Å². The first-order valence-electron chi connectivity index (χ1n) is 12.4. The molecule has 1 aliphatic carbocycles. The number of carbonyl (C=O) groups excluding carboxylic acids is 5. The van der Waals surface area contributed by atoms with Crippen molar-refractivity contribution in [2.75, 3.05) is 34.2 Å². The molecule has 14 heteroatoms. The Bertz CT molecular complexity index is 1330. The maximum Gasteiger partial charge on any atom is 0.351 e. The number of fused-ring (bicyclic) bond motifs is 1. The highest BCUT2D eigenvalue weighted by Crippen LogP contribution is 2.19. The molecular formula is C29H35F2O12+. The van der Waals surface area contributed by atoms with Crippen LogP contribution >= 0.6 is 0 Å². The molecule has 0 fully saturated rings. The Hall–Kier alpha value is -5.01. The maximum atomic E-state index is 11.5. The van der Waals surface area contributed by atoms with Crippen LogP contribution in [-0.2, 0) is 33.4 Å². The summed E-state index contributed by atoms with van der Waals surface area (Å²) in [6.07, 6.45) is 3.30. The van der Waals surface area contributed by atoms with E-state index in [0.29, 0.717) is 19.7 Å². The molecule has 0 aliphatic heterocycles. The van der Waals surface area contributed by atoms with Crippen LogP contribution in [0.4, 0.5) is 8.78 Å². The van der Waals surface area contributed by atoms with Crippen LogP contribution in [0, 0.1) is 6.42 Å². The van der Waals surface area contributed by atoms with Crippen LogP contribution in [0.25, 0.3) is 11.0 Å². The van der Waals surface area contributed by atoms with Crippen LogP contribution in [0.2, 0.25) is 0 Å². The average molecular weight is 614 g/mol. The lowest BCUT2D eigenvalue weighted by molar-refractivity contribution is -0.154. The van der Waals surface area contributed by atoms with Crippen LogP contribution in [0.15, 0.2) is 57.0 Å². The van der Waals surface area contributed by atoms with Crippen molar-refractivity contribution in [2.45, 2.75) is 34.1 Å². The fourth-order valence-corrected chi connectivity index (χ4v) is 2.80. The van der Waals surface area contributed by atoms with Crippen molar-refractivity contribution >= 4 is 40.4 Å². The van der Waals surface area contributed by atoms with E-state index in [2.05, 4.69) is 9.47 Å². The number of phenols is 1. The minimum absolute atomic E-state index is 0.00969. The molecule has 3 rings (SSSR count). The van der Waals surface area contributed by atoms with Crippen molar-refractivity contribution in [3.63, 3.8) is 0 Å². The summed E-state index contributed by atoms with van der Waals surface area (Å²) in [5, 5.41) is 18.8. The number of ketones is 2. The van der Waals surface area contributed by atoms with Gasteiger partial charge in [-0.3, -0.25) is 28.0 Å². The van der Waals surface area contributed by atoms with Crippen LogP contribution in [0.1, 0.15) is 44.5 Å². The van der Waals surface area contributed by atoms with Crippen LogP contribution in [-0.4, -0.2) is 73.9 Å². The molecule has 0 bridgehead atoms. The monoisotopic (exact) mass is 613 g/mol. The normalized spacial score (nSPS) is 10.9. The number of benzene rings is 1. The third-order valence-corrected chi connectivity index (χ3v) is 4.46. The predicted octanol–water partition coefficient (Wildman–Crippen LogP) is 4.08. The first kappa shape index (κ1) is 40.1. The Balaban J connectivity index is 0. The standard InChI is InChI=1S/C12H10O5.C8H6O3.C7H12O4.2CH3F/c1-2-16-11(14)9-5-7-3-4-8(13)6-10(7)17-12(9)15;1-5(9)7-3-2-6(10)4-8(7)11;1-3-10-6(8)5-7(9)11-4-2;2*1-2/h3-6,13H,2H2,1H3;2-4H,1H3;3-5H2,1-2H3;2*1H3/p+1. The van der Waals surface area contributed by atoms with Gasteiger partial charge in [0.1, 0.15) is 29.4 Å². The van der Waals surface area contributed by atoms with E-state index in [-0.39, 0.29) is 66.0 Å². The van der Waals surface area contributed by atoms with Gasteiger partial charge >= 0.3 is 23.5 Å². The molecule has 0 spiro atoms. The van der Waals surface area contributed by atoms with Gasteiger partial charge in [-0.15, -0.1) is 0 Å². The summed E-state index contributed by atoms with van der Waals surface area (Å²) in [7, 11) is 1.00. The zero-order chi connectivity index (χ0) is 33.5. The number of aromatic hydroxyl groups is 1. The maximum absolute atomic E-state index is 11.5. The number of aliphatic hydroxyl groups excluding tert-OH is 1. The number of allylic oxidation sites excluding steroid dienone is 3. The summed E-state index contributed by atoms with van der Waals surface area (Å²) >= 11 is 0. The summed E-state index contributed by atoms with van der Waals surface area (Å²) in [5.74, 6) is -2.59. The van der Waals surface area contributed by atoms with Crippen molar-refractivity contribution < 1.29 is 61.6 Å². The molecule has 1 aromatic heterocycles. The van der Waals surface area contributed by atoms with E-state index >= 15 is 0 Å². The highest BCUT2D eigenvalue weighted by atomic mass is 19.1. The Morgan fingerprint density at radius 3 is 1.86 bits per heavy atom. The molecule has 2 aromatic rings. The molecule has 1 aliphatic rings. The number of phenolic OH excluding ortho intramolecular Hbond substituents is 1. The van der Waals surface area contributed by atoms with Gasteiger partial charge in [-0.25, -0.2) is 9.59 Å². The summed E-state index contributed by atoms with van der Waals surface area (Å²) in [4.78, 5) is 65.5. The van der Waals surface area contributed by atoms with Gasteiger partial charge in [0.15, 0.2) is 5.57 Å². The number of Topliss-reactive ketones (excluding diaryl/α,β-unsaturated/α-hetero) is 1. The van der Waals surface area contributed by atoms with Crippen molar-refractivity contribution in [3.05, 3.63) is 70.2 Å². The third-order valence-electron chi connectivity index (χ3n) is 4.46. The van der Waals surface area contributed by atoms with Crippen LogP contribution < -0.4 is 5.63 Å². The van der Waals surface area contributed by atoms with Gasteiger partial charge in [-0.2, -0.15) is 0 Å². The summed E-state index contributed by atoms with van der Waals surface area (Å²) in [6.45, 7) is 7.12. The summed E-state index contributed by atoms with van der Waals surface area (Å²) in [6, 6.07) is 5.69. The highest BCUT2D eigenvalue weighted by molar-refractivity contribution is 6.07. The average Bonchev–Trinajstić information content (AvgIpc) is 2.95. The van der Waals surface area contributed by atoms with Gasteiger partial charge in [-0.1, -0.05) is 0 Å². The molecule has 0 radical (unpaired) electrons. The minimum atomic E-state index is -0.776. The highest BCUT2D eigenvalue weighted by Gasteiger charge is 2.24. The number of halogens is 2. The zero-order valence-electron chi connectivity index (χ0n) is 24.6. The molecule has 2 N–H and O–H groups in total. The van der Waals surface area contributed by atoms with Crippen molar-refractivity contribution in [1.29, 1.82) is 0 Å². The molecule has 0 amide bonds. The fraction of sp³-hybridized carbons (Fsp3) is 0.345. The number of ether oxygens (including phenoxy) is 3. The lowest BCUT2D eigenvalue weighted by atomic mass is 10.0. The Morgan fingerprint density at radius 2 is 1.40 bits per heavy atom. The molecule has 43 heavy (non-hydrogen) atoms.